The van der Waals surface area contributed by atoms with Gasteiger partial charge in [-0.1, -0.05) is 6.07 Å². The smallest absolute Gasteiger partial charge is 0.134 e. The molecule has 128 valence electrons. The molecule has 1 N–H and O–H groups in total. The number of aromatic nitrogens is 2. The molecule has 3 rings (SSSR count). The first kappa shape index (κ1) is 16.4. The van der Waals surface area contributed by atoms with E-state index in [0.29, 0.717) is 30.3 Å². The third-order valence-corrected chi connectivity index (χ3v) is 4.02. The summed E-state index contributed by atoms with van der Waals surface area (Å²) in [6, 6.07) is 6.37. The number of morpholine rings is 1. The normalized spacial score (nSPS) is 15.9. The first-order valence-electron chi connectivity index (χ1n) is 7.92. The Morgan fingerprint density at radius 2 is 2.08 bits per heavy atom. The number of anilines is 2. The topological polar surface area (TPSA) is 59.5 Å². The summed E-state index contributed by atoms with van der Waals surface area (Å²) in [4.78, 5) is 10.7. The van der Waals surface area contributed by atoms with Gasteiger partial charge in [-0.05, 0) is 19.1 Å². The van der Waals surface area contributed by atoms with E-state index in [-0.39, 0.29) is 11.9 Å². The van der Waals surface area contributed by atoms with Crippen LogP contribution >= 0.6 is 0 Å². The van der Waals surface area contributed by atoms with E-state index in [1.165, 1.54) is 19.5 Å². The number of methoxy groups -OCH3 is 1. The Kier molecular flexibility index (Phi) is 5.10. The second kappa shape index (κ2) is 7.44. The molecule has 1 aromatic heterocycles. The summed E-state index contributed by atoms with van der Waals surface area (Å²) in [7, 11) is 1.53. The van der Waals surface area contributed by atoms with E-state index in [4.69, 9.17) is 9.47 Å². The quantitative estimate of drug-likeness (QED) is 0.908. The van der Waals surface area contributed by atoms with Crippen molar-refractivity contribution in [3.63, 3.8) is 0 Å². The van der Waals surface area contributed by atoms with Crippen LogP contribution in [-0.2, 0) is 4.74 Å². The molecule has 2 heterocycles. The highest BCUT2D eigenvalue weighted by Crippen LogP contribution is 2.30. The Morgan fingerprint density at radius 1 is 1.29 bits per heavy atom. The van der Waals surface area contributed by atoms with Crippen LogP contribution in [0.4, 0.5) is 16.0 Å². The second-order valence-electron chi connectivity index (χ2n) is 5.58. The molecule has 0 amide bonds. The number of ether oxygens (including phenoxy) is 2. The number of hydrogen-bond donors (Lipinski definition) is 1. The van der Waals surface area contributed by atoms with Crippen molar-refractivity contribution in [3.8, 4) is 5.75 Å². The fraction of sp³-hybridized carbons (Fsp3) is 0.412. The summed E-state index contributed by atoms with van der Waals surface area (Å²) in [6.07, 6.45) is 1.51. The third-order valence-electron chi connectivity index (χ3n) is 4.02. The van der Waals surface area contributed by atoms with Gasteiger partial charge in [0.2, 0.25) is 0 Å². The standard InChI is InChI=1S/C17H21FN4O2/c1-12(17-13(18)4-3-5-14(17)23-2)21-15-10-16(20-11-19-15)22-6-8-24-9-7-22/h3-5,10-12H,6-9H2,1-2H3,(H,19,20,21). The Morgan fingerprint density at radius 3 is 2.83 bits per heavy atom. The van der Waals surface area contributed by atoms with Crippen LogP contribution in [0.5, 0.6) is 5.75 Å². The lowest BCUT2D eigenvalue weighted by Gasteiger charge is -2.28. The van der Waals surface area contributed by atoms with Crippen LogP contribution in [0.1, 0.15) is 18.5 Å². The van der Waals surface area contributed by atoms with Gasteiger partial charge in [-0.15, -0.1) is 0 Å². The van der Waals surface area contributed by atoms with Crippen LogP contribution in [0.2, 0.25) is 0 Å². The predicted octanol–water partition coefficient (Wildman–Crippen LogP) is 2.63. The molecule has 1 saturated heterocycles. The molecular formula is C17H21FN4O2. The maximum atomic E-state index is 14.2. The molecule has 1 aliphatic rings. The van der Waals surface area contributed by atoms with Gasteiger partial charge in [0.15, 0.2) is 0 Å². The summed E-state index contributed by atoms with van der Waals surface area (Å²) in [6.45, 7) is 4.85. The molecule has 7 heteroatoms. The largest absolute Gasteiger partial charge is 0.496 e. The molecule has 0 saturated carbocycles. The first-order chi connectivity index (χ1) is 11.7. The lowest BCUT2D eigenvalue weighted by atomic mass is 10.1. The maximum absolute atomic E-state index is 14.2. The van der Waals surface area contributed by atoms with Crippen LogP contribution in [0.25, 0.3) is 0 Å². The molecule has 0 radical (unpaired) electrons. The van der Waals surface area contributed by atoms with Crippen molar-refractivity contribution in [2.24, 2.45) is 0 Å². The van der Waals surface area contributed by atoms with Crippen molar-refractivity contribution in [2.45, 2.75) is 13.0 Å². The van der Waals surface area contributed by atoms with E-state index in [0.717, 1.165) is 18.9 Å². The summed E-state index contributed by atoms with van der Waals surface area (Å²) in [5, 5.41) is 3.22. The highest BCUT2D eigenvalue weighted by Gasteiger charge is 2.18. The number of halogens is 1. The number of nitrogens with zero attached hydrogens (tertiary/aromatic N) is 3. The van der Waals surface area contributed by atoms with Crippen molar-refractivity contribution in [1.82, 2.24) is 9.97 Å². The van der Waals surface area contributed by atoms with Crippen molar-refractivity contribution in [2.75, 3.05) is 43.6 Å². The van der Waals surface area contributed by atoms with E-state index in [9.17, 15) is 4.39 Å². The van der Waals surface area contributed by atoms with Crippen LogP contribution < -0.4 is 15.0 Å². The van der Waals surface area contributed by atoms with Crippen molar-refractivity contribution in [1.29, 1.82) is 0 Å². The molecule has 1 fully saturated rings. The van der Waals surface area contributed by atoms with Gasteiger partial charge >= 0.3 is 0 Å². The van der Waals surface area contributed by atoms with E-state index in [1.54, 1.807) is 12.1 Å². The zero-order valence-electron chi connectivity index (χ0n) is 13.8. The summed E-state index contributed by atoms with van der Waals surface area (Å²) < 4.78 is 24.8. The Labute approximate surface area is 140 Å². The van der Waals surface area contributed by atoms with Crippen molar-refractivity contribution in [3.05, 3.63) is 42.0 Å². The molecule has 24 heavy (non-hydrogen) atoms. The van der Waals surface area contributed by atoms with Crippen molar-refractivity contribution < 1.29 is 13.9 Å². The van der Waals surface area contributed by atoms with Crippen LogP contribution in [0, 0.1) is 5.82 Å². The van der Waals surface area contributed by atoms with Crippen LogP contribution in [-0.4, -0.2) is 43.4 Å². The second-order valence-corrected chi connectivity index (χ2v) is 5.58. The molecular weight excluding hydrogens is 311 g/mol. The zero-order chi connectivity index (χ0) is 16.9. The minimum absolute atomic E-state index is 0.298. The highest BCUT2D eigenvalue weighted by atomic mass is 19.1. The average molecular weight is 332 g/mol. The number of rotatable bonds is 5. The van der Waals surface area contributed by atoms with Gasteiger partial charge in [-0.3, -0.25) is 0 Å². The molecule has 0 bridgehead atoms. The third kappa shape index (κ3) is 3.56. The van der Waals surface area contributed by atoms with E-state index in [2.05, 4.69) is 20.2 Å². The molecule has 6 nitrogen and oxygen atoms in total. The SMILES string of the molecule is COc1cccc(F)c1C(C)Nc1cc(N2CCOCC2)ncn1. The van der Waals surface area contributed by atoms with Crippen LogP contribution in [0.15, 0.2) is 30.6 Å². The molecule has 0 aliphatic carbocycles. The molecule has 1 aromatic carbocycles. The Balaban J connectivity index is 1.78. The van der Waals surface area contributed by atoms with Crippen molar-refractivity contribution >= 4 is 11.6 Å². The number of benzene rings is 1. The predicted molar refractivity (Wildman–Crippen MR) is 90.1 cm³/mol. The van der Waals surface area contributed by atoms with E-state index < -0.39 is 0 Å². The summed E-state index contributed by atoms with van der Waals surface area (Å²) >= 11 is 0. The van der Waals surface area contributed by atoms with E-state index >= 15 is 0 Å². The summed E-state index contributed by atoms with van der Waals surface area (Å²) in [5.74, 6) is 1.68. The van der Waals surface area contributed by atoms with Gasteiger partial charge in [0.05, 0.1) is 31.9 Å². The fourth-order valence-corrected chi connectivity index (χ4v) is 2.80. The van der Waals surface area contributed by atoms with Gasteiger partial charge in [0, 0.05) is 19.2 Å². The zero-order valence-corrected chi connectivity index (χ0v) is 13.8. The minimum Gasteiger partial charge on any atom is -0.496 e. The molecule has 0 spiro atoms. The monoisotopic (exact) mass is 332 g/mol. The average Bonchev–Trinajstić information content (AvgIpc) is 2.62. The lowest BCUT2D eigenvalue weighted by Crippen LogP contribution is -2.36. The number of nitrogens with one attached hydrogen (secondary N) is 1. The molecule has 1 unspecified atom stereocenters. The van der Waals surface area contributed by atoms with Gasteiger partial charge < -0.3 is 19.7 Å². The van der Waals surface area contributed by atoms with Gasteiger partial charge in [0.1, 0.15) is 29.5 Å². The van der Waals surface area contributed by atoms with Gasteiger partial charge in [0.25, 0.3) is 0 Å². The lowest BCUT2D eigenvalue weighted by molar-refractivity contribution is 0.122. The molecule has 1 aliphatic heterocycles. The Bertz CT molecular complexity index is 692. The minimum atomic E-state index is -0.309. The Hall–Kier alpha value is -2.41. The molecule has 2 aromatic rings. The number of hydrogen-bond acceptors (Lipinski definition) is 6. The summed E-state index contributed by atoms with van der Waals surface area (Å²) in [5.41, 5.74) is 0.478. The first-order valence-corrected chi connectivity index (χ1v) is 7.92. The van der Waals surface area contributed by atoms with Crippen LogP contribution in [0.3, 0.4) is 0 Å². The highest BCUT2D eigenvalue weighted by molar-refractivity contribution is 5.51. The molecule has 1 atom stereocenters. The fourth-order valence-electron chi connectivity index (χ4n) is 2.80. The van der Waals surface area contributed by atoms with Gasteiger partial charge in [-0.25, -0.2) is 14.4 Å². The van der Waals surface area contributed by atoms with Gasteiger partial charge in [-0.2, -0.15) is 0 Å². The van der Waals surface area contributed by atoms with E-state index in [1.807, 2.05) is 13.0 Å². The maximum Gasteiger partial charge on any atom is 0.134 e.